The van der Waals surface area contributed by atoms with Gasteiger partial charge in [0.15, 0.2) is 6.35 Å². The van der Waals surface area contributed by atoms with Gasteiger partial charge in [-0.05, 0) is 99.7 Å². The molecule has 3 heterocycles. The summed E-state index contributed by atoms with van der Waals surface area (Å²) in [5.41, 5.74) is 2.70. The molecule has 222 valence electrons. The van der Waals surface area contributed by atoms with E-state index in [1.165, 1.54) is 23.6 Å². The van der Waals surface area contributed by atoms with Crippen LogP contribution < -0.4 is 10.6 Å². The van der Waals surface area contributed by atoms with Crippen molar-refractivity contribution >= 4 is 5.91 Å². The van der Waals surface area contributed by atoms with Crippen LogP contribution in [0.2, 0.25) is 0 Å². The molecular formula is C32H45FN6O2. The summed E-state index contributed by atoms with van der Waals surface area (Å²) in [5, 5.41) is 17.2. The molecule has 3 saturated heterocycles. The lowest BCUT2D eigenvalue weighted by atomic mass is 9.59. The maximum absolute atomic E-state index is 13.9. The molecule has 41 heavy (non-hydrogen) atoms. The minimum Gasteiger partial charge on any atom is -0.348 e. The Morgan fingerprint density at radius 1 is 1.22 bits per heavy atom. The van der Waals surface area contributed by atoms with Crippen molar-refractivity contribution in [2.45, 2.75) is 88.4 Å². The smallest absolute Gasteiger partial charge is 0.246 e. The van der Waals surface area contributed by atoms with Crippen LogP contribution in [0.1, 0.15) is 56.1 Å². The summed E-state index contributed by atoms with van der Waals surface area (Å²) in [4.78, 5) is 19.2. The Morgan fingerprint density at radius 3 is 2.88 bits per heavy atom. The number of rotatable bonds is 6. The lowest BCUT2D eigenvalue weighted by Gasteiger charge is -2.56. The molecule has 1 spiro atoms. The summed E-state index contributed by atoms with van der Waals surface area (Å²) in [5.74, 6) is 0.164. The van der Waals surface area contributed by atoms with Crippen molar-refractivity contribution in [3.05, 3.63) is 47.8 Å². The quantitative estimate of drug-likeness (QED) is 0.514. The van der Waals surface area contributed by atoms with E-state index in [4.69, 9.17) is 4.74 Å². The fraction of sp³-hybridized carbons (Fsp3) is 0.688. The van der Waals surface area contributed by atoms with Crippen LogP contribution in [0, 0.1) is 28.5 Å². The van der Waals surface area contributed by atoms with Gasteiger partial charge in [0.2, 0.25) is 5.91 Å². The van der Waals surface area contributed by atoms with E-state index in [1.54, 1.807) is 12.1 Å². The molecule has 0 radical (unpaired) electrons. The number of halogens is 1. The summed E-state index contributed by atoms with van der Waals surface area (Å²) in [6.07, 6.45) is 10.3. The fourth-order valence-electron chi connectivity index (χ4n) is 8.44. The van der Waals surface area contributed by atoms with E-state index < -0.39 is 0 Å². The highest BCUT2D eigenvalue weighted by atomic mass is 19.1. The summed E-state index contributed by atoms with van der Waals surface area (Å²) in [6, 6.07) is 8.23. The van der Waals surface area contributed by atoms with Crippen molar-refractivity contribution in [3.63, 3.8) is 0 Å². The van der Waals surface area contributed by atoms with E-state index in [2.05, 4.69) is 40.1 Å². The zero-order valence-corrected chi connectivity index (χ0v) is 24.4. The number of carbonyl (C=O) groups excluding carboxylic acids is 1. The molecule has 3 aliphatic heterocycles. The lowest BCUT2D eigenvalue weighted by molar-refractivity contribution is -0.137. The van der Waals surface area contributed by atoms with E-state index in [-0.39, 0.29) is 35.7 Å². The number of amides is 1. The predicted molar refractivity (Wildman–Crippen MR) is 155 cm³/mol. The SMILES string of the molecule is C=CC(=O)N1CCN(C2NC(OC[C@H]3CCCN3C)NC3C[C@@]4(CCc5cc(F)ccc5C4)CCC32)C[C@H]1CC#N. The molecule has 2 aliphatic carbocycles. The minimum atomic E-state index is -0.252. The number of ether oxygens (including phenoxy) is 1. The average molecular weight is 565 g/mol. The summed E-state index contributed by atoms with van der Waals surface area (Å²) in [7, 11) is 2.18. The van der Waals surface area contributed by atoms with E-state index in [0.29, 0.717) is 44.1 Å². The maximum Gasteiger partial charge on any atom is 0.246 e. The van der Waals surface area contributed by atoms with Gasteiger partial charge in [-0.15, -0.1) is 0 Å². The summed E-state index contributed by atoms with van der Waals surface area (Å²) in [6.45, 7) is 7.49. The molecule has 0 aromatic heterocycles. The van der Waals surface area contributed by atoms with Gasteiger partial charge in [-0.2, -0.15) is 5.26 Å². The van der Waals surface area contributed by atoms with Crippen molar-refractivity contribution in [2.24, 2.45) is 11.3 Å². The van der Waals surface area contributed by atoms with Gasteiger partial charge in [0.05, 0.1) is 31.3 Å². The van der Waals surface area contributed by atoms with Crippen LogP contribution in [0.5, 0.6) is 0 Å². The lowest BCUT2D eigenvalue weighted by Crippen LogP contribution is -2.72. The second-order valence-corrected chi connectivity index (χ2v) is 13.1. The van der Waals surface area contributed by atoms with Gasteiger partial charge in [0, 0.05) is 37.6 Å². The van der Waals surface area contributed by atoms with Crippen LogP contribution in [-0.4, -0.2) is 91.1 Å². The van der Waals surface area contributed by atoms with Gasteiger partial charge in [-0.25, -0.2) is 4.39 Å². The summed E-state index contributed by atoms with van der Waals surface area (Å²) >= 11 is 0. The van der Waals surface area contributed by atoms with E-state index in [1.807, 2.05) is 11.0 Å². The largest absolute Gasteiger partial charge is 0.348 e. The standard InChI is InChI=1S/C32H45FN6O2/c1-3-29(40)39-16-15-38(20-25(39)10-13-34)30-27-9-12-32(11-8-22-17-24(33)7-6-23(22)18-32)19-28(27)35-31(36-30)41-21-26-5-4-14-37(26)2/h3,6-7,17,25-28,30-31,35-36H,1,4-5,8-12,14-16,18-21H2,2H3/t25-,26-,27?,28?,30?,31?,32+/m1/s1. The Balaban J connectivity index is 1.20. The minimum absolute atomic E-state index is 0.0972. The topological polar surface area (TPSA) is 83.9 Å². The zero-order valence-electron chi connectivity index (χ0n) is 24.4. The molecule has 6 rings (SSSR count). The van der Waals surface area contributed by atoms with Crippen LogP contribution in [-0.2, 0) is 22.4 Å². The van der Waals surface area contributed by atoms with Gasteiger partial charge in [-0.3, -0.25) is 20.3 Å². The van der Waals surface area contributed by atoms with Gasteiger partial charge in [0.25, 0.3) is 0 Å². The zero-order chi connectivity index (χ0) is 28.6. The highest BCUT2D eigenvalue weighted by Crippen LogP contribution is 2.49. The second kappa shape index (κ2) is 12.1. The highest BCUT2D eigenvalue weighted by molar-refractivity contribution is 5.87. The van der Waals surface area contributed by atoms with E-state index in [9.17, 15) is 14.4 Å². The maximum atomic E-state index is 13.9. The number of likely N-dealkylation sites (N-methyl/N-ethyl adjacent to an activating group) is 1. The first-order chi connectivity index (χ1) is 19.9. The van der Waals surface area contributed by atoms with Crippen LogP contribution in [0.15, 0.2) is 30.9 Å². The Bertz CT molecular complexity index is 1170. The van der Waals surface area contributed by atoms with Gasteiger partial charge in [0.1, 0.15) is 5.82 Å². The van der Waals surface area contributed by atoms with Crippen molar-refractivity contribution < 1.29 is 13.9 Å². The van der Waals surface area contributed by atoms with Crippen LogP contribution in [0.3, 0.4) is 0 Å². The number of aryl methyl sites for hydroxylation is 1. The number of hydrogen-bond donors (Lipinski definition) is 2. The van der Waals surface area contributed by atoms with Gasteiger partial charge in [-0.1, -0.05) is 12.6 Å². The first-order valence-corrected chi connectivity index (χ1v) is 15.5. The first kappa shape index (κ1) is 28.8. The van der Waals surface area contributed by atoms with E-state index >= 15 is 0 Å². The van der Waals surface area contributed by atoms with Gasteiger partial charge < -0.3 is 14.5 Å². The van der Waals surface area contributed by atoms with Crippen molar-refractivity contribution in [2.75, 3.05) is 39.8 Å². The van der Waals surface area contributed by atoms with Crippen LogP contribution in [0.25, 0.3) is 0 Å². The molecule has 7 atom stereocenters. The number of nitriles is 1. The van der Waals surface area contributed by atoms with Crippen molar-refractivity contribution in [3.8, 4) is 6.07 Å². The number of piperazine rings is 1. The molecule has 8 nitrogen and oxygen atoms in total. The third kappa shape index (κ3) is 5.95. The number of carbonyl (C=O) groups is 1. The van der Waals surface area contributed by atoms with Gasteiger partial charge >= 0.3 is 0 Å². The second-order valence-electron chi connectivity index (χ2n) is 13.1. The summed E-state index contributed by atoms with van der Waals surface area (Å²) < 4.78 is 20.4. The highest BCUT2D eigenvalue weighted by Gasteiger charge is 2.50. The fourth-order valence-corrected chi connectivity index (χ4v) is 8.44. The molecule has 1 amide bonds. The van der Waals surface area contributed by atoms with Crippen molar-refractivity contribution in [1.82, 2.24) is 25.3 Å². The van der Waals surface area contributed by atoms with Crippen LogP contribution >= 0.6 is 0 Å². The Hall–Kier alpha value is -2.35. The number of nitrogens with zero attached hydrogens (tertiary/aromatic N) is 4. The molecule has 1 aromatic carbocycles. The molecule has 4 fully saturated rings. The number of nitrogens with one attached hydrogen (secondary N) is 2. The number of hydrogen-bond acceptors (Lipinski definition) is 7. The van der Waals surface area contributed by atoms with E-state index in [0.717, 1.165) is 58.0 Å². The molecular weight excluding hydrogens is 519 g/mol. The third-order valence-electron chi connectivity index (χ3n) is 10.7. The molecule has 2 N–H and O–H groups in total. The molecule has 9 heteroatoms. The molecule has 1 saturated carbocycles. The molecule has 5 aliphatic rings. The Kier molecular flexibility index (Phi) is 8.49. The normalized spacial score (nSPS) is 36.0. The molecule has 0 bridgehead atoms. The third-order valence-corrected chi connectivity index (χ3v) is 10.7. The van der Waals surface area contributed by atoms with Crippen molar-refractivity contribution in [1.29, 1.82) is 5.26 Å². The average Bonchev–Trinajstić information content (AvgIpc) is 3.39. The molecule has 1 aromatic rings. The first-order valence-electron chi connectivity index (χ1n) is 15.5. The monoisotopic (exact) mass is 564 g/mol. The number of fused-ring (bicyclic) bond motifs is 2. The molecule has 4 unspecified atom stereocenters. The van der Waals surface area contributed by atoms with Crippen LogP contribution in [0.4, 0.5) is 4.39 Å². The number of likely N-dealkylation sites (tertiary alicyclic amines) is 1. The Labute approximate surface area is 243 Å². The number of benzene rings is 1. The Morgan fingerprint density at radius 2 is 2.10 bits per heavy atom. The predicted octanol–water partition coefficient (Wildman–Crippen LogP) is 3.00.